The van der Waals surface area contributed by atoms with Gasteiger partial charge in [0, 0.05) is 29.4 Å². The quantitative estimate of drug-likeness (QED) is 0.419. The Bertz CT molecular complexity index is 1340. The average Bonchev–Trinajstić information content (AvgIpc) is 3.48. The Labute approximate surface area is 195 Å². The second kappa shape index (κ2) is 6.73. The number of nitro groups is 1. The number of hydrogen-bond acceptors (Lipinski definition) is 6. The summed E-state index contributed by atoms with van der Waals surface area (Å²) in [4.78, 5) is 55.6. The number of imide groups is 1. The number of fused-ring (bicyclic) bond motifs is 7. The molecule has 0 radical (unpaired) electrons. The first-order chi connectivity index (χ1) is 16.2. The third kappa shape index (κ3) is 2.34. The summed E-state index contributed by atoms with van der Waals surface area (Å²) in [7, 11) is 0. The summed E-state index contributed by atoms with van der Waals surface area (Å²) in [6.07, 6.45) is 1.59. The van der Waals surface area contributed by atoms with Crippen molar-refractivity contribution in [3.8, 4) is 0 Å². The molecular formula is C25H24N4O5. The maximum absolute atomic E-state index is 14.1. The predicted octanol–water partition coefficient (Wildman–Crippen LogP) is 2.95. The van der Waals surface area contributed by atoms with Crippen molar-refractivity contribution < 1.29 is 19.3 Å². The van der Waals surface area contributed by atoms with Gasteiger partial charge >= 0.3 is 0 Å². The molecule has 6 rings (SSSR count). The van der Waals surface area contributed by atoms with E-state index in [1.165, 1.54) is 23.1 Å². The first-order valence-corrected chi connectivity index (χ1v) is 11.5. The Morgan fingerprint density at radius 3 is 2.53 bits per heavy atom. The van der Waals surface area contributed by atoms with Crippen molar-refractivity contribution in [3.05, 3.63) is 62.7 Å². The summed E-state index contributed by atoms with van der Waals surface area (Å²) in [5.74, 6) is -2.47. The molecule has 0 saturated carbocycles. The van der Waals surface area contributed by atoms with Crippen LogP contribution in [-0.2, 0) is 19.9 Å². The van der Waals surface area contributed by atoms with E-state index in [2.05, 4.69) is 10.2 Å². The monoisotopic (exact) mass is 460 g/mol. The molecule has 0 aromatic heterocycles. The van der Waals surface area contributed by atoms with Crippen molar-refractivity contribution in [3.63, 3.8) is 0 Å². The van der Waals surface area contributed by atoms with Crippen molar-refractivity contribution in [2.45, 2.75) is 45.2 Å². The standard InChI is InChI=1S/C25H24N4O5/c1-12-9-14(3)21-16(10-12)25(24(32)26-21)20-19(18-5-4-8-27(18)25)22(30)28(23(20)31)17-7-6-15(29(33)34)11-13(17)2/h6-7,9-11,18-20H,4-5,8H2,1-3H3,(H,26,32)/t18-,19+,20-,25+/m0/s1. The highest BCUT2D eigenvalue weighted by Gasteiger charge is 2.74. The molecule has 3 amide bonds. The lowest BCUT2D eigenvalue weighted by molar-refractivity contribution is -0.384. The number of non-ortho nitro benzene ring substituents is 1. The van der Waals surface area contributed by atoms with Crippen LogP contribution in [0.3, 0.4) is 0 Å². The SMILES string of the molecule is Cc1cc(C)c2c(c1)[C@]1(C(=O)N2)[C@@H]2C(=O)N(c3ccc([N+](=O)[O-])cc3C)C(=O)[C@@H]2[C@@H]2CCCN21. The lowest BCUT2D eigenvalue weighted by Gasteiger charge is -2.37. The van der Waals surface area contributed by atoms with Crippen molar-refractivity contribution in [1.29, 1.82) is 0 Å². The van der Waals surface area contributed by atoms with E-state index in [0.29, 0.717) is 17.8 Å². The van der Waals surface area contributed by atoms with Crippen molar-refractivity contribution in [2.24, 2.45) is 11.8 Å². The lowest BCUT2D eigenvalue weighted by atomic mass is 9.75. The van der Waals surface area contributed by atoms with Gasteiger partial charge in [-0.15, -0.1) is 0 Å². The van der Waals surface area contributed by atoms with Gasteiger partial charge in [-0.3, -0.25) is 29.4 Å². The molecule has 0 bridgehead atoms. The van der Waals surface area contributed by atoms with Crippen LogP contribution in [0.1, 0.15) is 35.1 Å². The van der Waals surface area contributed by atoms with Crippen LogP contribution in [0.5, 0.6) is 0 Å². The number of carbonyl (C=O) groups is 3. The fourth-order valence-electron chi connectivity index (χ4n) is 6.90. The summed E-state index contributed by atoms with van der Waals surface area (Å²) in [5, 5.41) is 14.2. The van der Waals surface area contributed by atoms with Gasteiger partial charge in [0.1, 0.15) is 5.54 Å². The van der Waals surface area contributed by atoms with E-state index < -0.39 is 28.2 Å². The molecule has 174 valence electrons. The number of amides is 3. The van der Waals surface area contributed by atoms with Gasteiger partial charge in [0.15, 0.2) is 0 Å². The van der Waals surface area contributed by atoms with Crippen LogP contribution in [-0.4, -0.2) is 40.1 Å². The van der Waals surface area contributed by atoms with Gasteiger partial charge < -0.3 is 5.32 Å². The van der Waals surface area contributed by atoms with E-state index >= 15 is 0 Å². The summed E-state index contributed by atoms with van der Waals surface area (Å²) in [6.45, 7) is 6.20. The van der Waals surface area contributed by atoms with E-state index in [1.54, 1.807) is 6.92 Å². The number of carbonyl (C=O) groups excluding carboxylic acids is 3. The van der Waals surface area contributed by atoms with Crippen molar-refractivity contribution in [2.75, 3.05) is 16.8 Å². The minimum Gasteiger partial charge on any atom is -0.324 e. The first kappa shape index (κ1) is 21.0. The number of nitro benzene ring substituents is 1. The molecule has 9 heteroatoms. The van der Waals surface area contributed by atoms with Gasteiger partial charge in [-0.1, -0.05) is 17.7 Å². The van der Waals surface area contributed by atoms with Crippen LogP contribution in [0, 0.1) is 42.7 Å². The summed E-state index contributed by atoms with van der Waals surface area (Å²) in [5.41, 5.74) is 2.91. The molecule has 3 fully saturated rings. The Balaban J connectivity index is 1.54. The third-order valence-corrected chi connectivity index (χ3v) is 8.08. The number of benzene rings is 2. The number of hydrogen-bond donors (Lipinski definition) is 1. The predicted molar refractivity (Wildman–Crippen MR) is 123 cm³/mol. The van der Waals surface area contributed by atoms with Crippen LogP contribution < -0.4 is 10.2 Å². The van der Waals surface area contributed by atoms with E-state index in [0.717, 1.165) is 35.2 Å². The normalized spacial score (nSPS) is 29.6. The minimum absolute atomic E-state index is 0.103. The molecule has 1 spiro atoms. The Morgan fingerprint density at radius 2 is 1.82 bits per heavy atom. The molecule has 4 heterocycles. The van der Waals surface area contributed by atoms with Crippen LogP contribution in [0.25, 0.3) is 0 Å². The topological polar surface area (TPSA) is 113 Å². The molecule has 34 heavy (non-hydrogen) atoms. The van der Waals surface area contributed by atoms with E-state index in [9.17, 15) is 24.5 Å². The molecule has 0 unspecified atom stereocenters. The molecule has 4 atom stereocenters. The number of nitrogens with one attached hydrogen (secondary N) is 1. The maximum Gasteiger partial charge on any atom is 0.269 e. The van der Waals surface area contributed by atoms with Gasteiger partial charge in [-0.2, -0.15) is 0 Å². The third-order valence-electron chi connectivity index (χ3n) is 8.08. The van der Waals surface area contributed by atoms with Gasteiger partial charge in [-0.05, 0) is 57.4 Å². The highest BCUT2D eigenvalue weighted by Crippen LogP contribution is 2.61. The molecule has 9 nitrogen and oxygen atoms in total. The zero-order chi connectivity index (χ0) is 24.1. The molecule has 2 aromatic rings. The van der Waals surface area contributed by atoms with Crippen LogP contribution in [0.4, 0.5) is 17.1 Å². The highest BCUT2D eigenvalue weighted by atomic mass is 16.6. The Hall–Kier alpha value is -3.59. The van der Waals surface area contributed by atoms with Crippen LogP contribution in [0.15, 0.2) is 30.3 Å². The second-order valence-corrected chi connectivity index (χ2v) is 9.87. The zero-order valence-corrected chi connectivity index (χ0v) is 19.1. The van der Waals surface area contributed by atoms with E-state index in [4.69, 9.17) is 0 Å². The maximum atomic E-state index is 14.1. The number of rotatable bonds is 2. The lowest BCUT2D eigenvalue weighted by Crippen LogP contribution is -2.54. The largest absolute Gasteiger partial charge is 0.324 e. The fourth-order valence-corrected chi connectivity index (χ4v) is 6.90. The highest BCUT2D eigenvalue weighted by molar-refractivity contribution is 6.26. The van der Waals surface area contributed by atoms with E-state index in [1.807, 2.05) is 26.0 Å². The van der Waals surface area contributed by atoms with Crippen LogP contribution in [0.2, 0.25) is 0 Å². The van der Waals surface area contributed by atoms with Crippen LogP contribution >= 0.6 is 0 Å². The molecule has 0 aliphatic carbocycles. The fraction of sp³-hybridized carbons (Fsp3) is 0.400. The molecule has 1 N–H and O–H groups in total. The van der Waals surface area contributed by atoms with Crippen molar-refractivity contribution >= 4 is 34.8 Å². The number of anilines is 2. The number of nitrogens with zero attached hydrogens (tertiary/aromatic N) is 3. The minimum atomic E-state index is -1.23. The average molecular weight is 460 g/mol. The Kier molecular flexibility index (Phi) is 4.15. The number of aryl methyl sites for hydroxylation is 3. The van der Waals surface area contributed by atoms with E-state index in [-0.39, 0.29) is 23.5 Å². The Morgan fingerprint density at radius 1 is 1.06 bits per heavy atom. The van der Waals surface area contributed by atoms with Crippen molar-refractivity contribution in [1.82, 2.24) is 4.90 Å². The molecular weight excluding hydrogens is 436 g/mol. The molecule has 3 saturated heterocycles. The molecule has 2 aromatic carbocycles. The summed E-state index contributed by atoms with van der Waals surface area (Å²) >= 11 is 0. The van der Waals surface area contributed by atoms with Gasteiger partial charge in [-0.25, -0.2) is 4.90 Å². The first-order valence-electron chi connectivity index (χ1n) is 11.5. The van der Waals surface area contributed by atoms with Gasteiger partial charge in [0.25, 0.3) is 5.69 Å². The smallest absolute Gasteiger partial charge is 0.269 e. The summed E-state index contributed by atoms with van der Waals surface area (Å²) < 4.78 is 0. The second-order valence-electron chi connectivity index (χ2n) is 9.87. The summed E-state index contributed by atoms with van der Waals surface area (Å²) in [6, 6.07) is 7.89. The van der Waals surface area contributed by atoms with Gasteiger partial charge in [0.05, 0.1) is 22.4 Å². The zero-order valence-electron chi connectivity index (χ0n) is 19.1. The van der Waals surface area contributed by atoms with Gasteiger partial charge in [0.2, 0.25) is 17.7 Å². The molecule has 4 aliphatic rings. The molecule has 4 aliphatic heterocycles.